The number of carboxylic acid groups (broad SMARTS) is 1. The molecule has 1 rings (SSSR count). The molecule has 106 valence electrons. The average molecular weight is 285 g/mol. The molecular weight excluding hydrogens is 266 g/mol. The highest BCUT2D eigenvalue weighted by atomic mass is 32.1. The van der Waals surface area contributed by atoms with Crippen molar-refractivity contribution in [3.63, 3.8) is 0 Å². The summed E-state index contributed by atoms with van der Waals surface area (Å²) in [5, 5.41) is 11.8. The molecule has 0 fully saturated rings. The molecule has 0 aromatic carbocycles. The van der Waals surface area contributed by atoms with E-state index in [1.54, 1.807) is 13.0 Å². The van der Waals surface area contributed by atoms with Gasteiger partial charge in [0, 0.05) is 10.4 Å². The molecule has 0 saturated carbocycles. The molecule has 1 amide bonds. The summed E-state index contributed by atoms with van der Waals surface area (Å²) in [7, 11) is 0. The SMILES string of the molecule is CCC(C)(C)NC(=O)COc1cc(C)sc1C(=O)O. The van der Waals surface area contributed by atoms with Crippen LogP contribution in [0.25, 0.3) is 0 Å². The zero-order chi connectivity index (χ0) is 14.6. The van der Waals surface area contributed by atoms with Crippen LogP contribution in [-0.2, 0) is 4.79 Å². The van der Waals surface area contributed by atoms with E-state index in [0.717, 1.165) is 22.6 Å². The first kappa shape index (κ1) is 15.5. The molecule has 1 aromatic heterocycles. The van der Waals surface area contributed by atoms with Gasteiger partial charge in [0.15, 0.2) is 11.5 Å². The molecule has 0 aliphatic rings. The Morgan fingerprint density at radius 3 is 2.63 bits per heavy atom. The zero-order valence-corrected chi connectivity index (χ0v) is 12.4. The molecule has 0 unspecified atom stereocenters. The van der Waals surface area contributed by atoms with Crippen molar-refractivity contribution in [1.29, 1.82) is 0 Å². The van der Waals surface area contributed by atoms with Gasteiger partial charge in [-0.05, 0) is 33.3 Å². The Morgan fingerprint density at radius 2 is 2.11 bits per heavy atom. The van der Waals surface area contributed by atoms with Gasteiger partial charge in [-0.15, -0.1) is 11.3 Å². The lowest BCUT2D eigenvalue weighted by Gasteiger charge is -2.24. The van der Waals surface area contributed by atoms with Crippen molar-refractivity contribution >= 4 is 23.2 Å². The Hall–Kier alpha value is -1.56. The predicted molar refractivity (Wildman–Crippen MR) is 74.0 cm³/mol. The van der Waals surface area contributed by atoms with Gasteiger partial charge >= 0.3 is 5.97 Å². The summed E-state index contributed by atoms with van der Waals surface area (Å²) < 4.78 is 5.29. The van der Waals surface area contributed by atoms with Crippen molar-refractivity contribution in [2.45, 2.75) is 39.7 Å². The number of carbonyl (C=O) groups is 2. The summed E-state index contributed by atoms with van der Waals surface area (Å²) in [5.74, 6) is -1.05. The van der Waals surface area contributed by atoms with Gasteiger partial charge in [0.05, 0.1) is 0 Å². The zero-order valence-electron chi connectivity index (χ0n) is 11.6. The van der Waals surface area contributed by atoms with Gasteiger partial charge in [-0.25, -0.2) is 4.79 Å². The summed E-state index contributed by atoms with van der Waals surface area (Å²) in [4.78, 5) is 23.6. The second kappa shape index (κ2) is 6.06. The largest absolute Gasteiger partial charge is 0.482 e. The molecule has 0 aliphatic heterocycles. The summed E-state index contributed by atoms with van der Waals surface area (Å²) in [6.07, 6.45) is 0.802. The number of amides is 1. The molecule has 1 heterocycles. The Labute approximate surface area is 116 Å². The highest BCUT2D eigenvalue weighted by molar-refractivity contribution is 7.14. The van der Waals surface area contributed by atoms with Crippen molar-refractivity contribution in [3.05, 3.63) is 15.8 Å². The first-order valence-corrected chi connectivity index (χ1v) is 6.84. The fourth-order valence-electron chi connectivity index (χ4n) is 1.39. The fourth-order valence-corrected chi connectivity index (χ4v) is 2.19. The molecule has 0 saturated heterocycles. The van der Waals surface area contributed by atoms with E-state index in [1.165, 1.54) is 0 Å². The third-order valence-corrected chi connectivity index (χ3v) is 3.76. The Balaban J connectivity index is 2.62. The topological polar surface area (TPSA) is 75.6 Å². The van der Waals surface area contributed by atoms with E-state index < -0.39 is 5.97 Å². The number of rotatable bonds is 6. The molecule has 5 nitrogen and oxygen atoms in total. The van der Waals surface area contributed by atoms with E-state index in [2.05, 4.69) is 5.32 Å². The molecular formula is C13H19NO4S. The summed E-state index contributed by atoms with van der Waals surface area (Å²) in [6, 6.07) is 1.63. The third kappa shape index (κ3) is 4.55. The second-order valence-electron chi connectivity index (χ2n) is 4.93. The second-order valence-corrected chi connectivity index (χ2v) is 6.19. The van der Waals surface area contributed by atoms with Gasteiger partial charge in [-0.3, -0.25) is 4.79 Å². The van der Waals surface area contributed by atoms with Crippen LogP contribution in [0.3, 0.4) is 0 Å². The van der Waals surface area contributed by atoms with Gasteiger partial charge in [0.1, 0.15) is 5.75 Å². The lowest BCUT2D eigenvalue weighted by atomic mass is 10.0. The monoisotopic (exact) mass is 285 g/mol. The Morgan fingerprint density at radius 1 is 1.47 bits per heavy atom. The van der Waals surface area contributed by atoms with Crippen LogP contribution in [0.5, 0.6) is 5.75 Å². The number of aromatic carboxylic acids is 1. The van der Waals surface area contributed by atoms with E-state index in [0.29, 0.717) is 0 Å². The maximum Gasteiger partial charge on any atom is 0.349 e. The van der Waals surface area contributed by atoms with Gasteiger partial charge in [-0.2, -0.15) is 0 Å². The minimum atomic E-state index is -1.04. The number of hydrogen-bond acceptors (Lipinski definition) is 4. The maximum atomic E-state index is 11.7. The average Bonchev–Trinajstić information content (AvgIpc) is 2.67. The molecule has 6 heteroatoms. The smallest absolute Gasteiger partial charge is 0.349 e. The van der Waals surface area contributed by atoms with Crippen LogP contribution in [-0.4, -0.2) is 29.1 Å². The molecule has 0 aliphatic carbocycles. The Bertz CT molecular complexity index is 479. The minimum absolute atomic E-state index is 0.125. The van der Waals surface area contributed by atoms with Gasteiger partial charge in [0.25, 0.3) is 5.91 Å². The van der Waals surface area contributed by atoms with E-state index >= 15 is 0 Å². The van der Waals surface area contributed by atoms with Crippen molar-refractivity contribution in [1.82, 2.24) is 5.32 Å². The molecule has 2 N–H and O–H groups in total. The number of nitrogens with one attached hydrogen (secondary N) is 1. The van der Waals surface area contributed by atoms with Gasteiger partial charge in [0.2, 0.25) is 0 Å². The minimum Gasteiger partial charge on any atom is -0.482 e. The van der Waals surface area contributed by atoms with Crippen molar-refractivity contribution < 1.29 is 19.4 Å². The number of ether oxygens (including phenoxy) is 1. The molecule has 0 spiro atoms. The molecule has 19 heavy (non-hydrogen) atoms. The number of aryl methyl sites for hydroxylation is 1. The van der Waals surface area contributed by atoms with Gasteiger partial charge in [-0.1, -0.05) is 6.92 Å². The van der Waals surface area contributed by atoms with Crippen molar-refractivity contribution in [2.24, 2.45) is 0 Å². The van der Waals surface area contributed by atoms with Crippen molar-refractivity contribution in [2.75, 3.05) is 6.61 Å². The third-order valence-electron chi connectivity index (χ3n) is 2.74. The summed E-state index contributed by atoms with van der Waals surface area (Å²) >= 11 is 1.14. The number of thiophene rings is 1. The van der Waals surface area contributed by atoms with E-state index in [4.69, 9.17) is 9.84 Å². The molecule has 0 radical (unpaired) electrons. The quantitative estimate of drug-likeness (QED) is 0.841. The van der Waals surface area contributed by atoms with Crippen LogP contribution in [0.4, 0.5) is 0 Å². The maximum absolute atomic E-state index is 11.7. The van der Waals surface area contributed by atoms with Crippen LogP contribution in [0.15, 0.2) is 6.07 Å². The van der Waals surface area contributed by atoms with Crippen LogP contribution < -0.4 is 10.1 Å². The summed E-state index contributed by atoms with van der Waals surface area (Å²) in [5.41, 5.74) is -0.291. The highest BCUT2D eigenvalue weighted by Gasteiger charge is 2.20. The highest BCUT2D eigenvalue weighted by Crippen LogP contribution is 2.28. The number of carboxylic acids is 1. The molecule has 1 aromatic rings. The standard InChI is InChI=1S/C13H19NO4S/c1-5-13(3,4)14-10(15)7-18-9-6-8(2)19-11(9)12(16)17/h6H,5,7H2,1-4H3,(H,14,15)(H,16,17). The first-order chi connectivity index (χ1) is 8.75. The number of hydrogen-bond donors (Lipinski definition) is 2. The lowest BCUT2D eigenvalue weighted by molar-refractivity contribution is -0.124. The first-order valence-electron chi connectivity index (χ1n) is 6.02. The van der Waals surface area contributed by atoms with Crippen LogP contribution in [0.2, 0.25) is 0 Å². The van der Waals surface area contributed by atoms with Crippen LogP contribution in [0, 0.1) is 6.92 Å². The van der Waals surface area contributed by atoms with E-state index in [1.807, 2.05) is 20.8 Å². The van der Waals surface area contributed by atoms with Crippen LogP contribution >= 0.6 is 11.3 Å². The van der Waals surface area contributed by atoms with E-state index in [9.17, 15) is 9.59 Å². The van der Waals surface area contributed by atoms with Crippen molar-refractivity contribution in [3.8, 4) is 5.75 Å². The summed E-state index contributed by atoms with van der Waals surface area (Å²) in [6.45, 7) is 7.43. The predicted octanol–water partition coefficient (Wildman–Crippen LogP) is 2.44. The number of carbonyl (C=O) groups excluding carboxylic acids is 1. The normalized spacial score (nSPS) is 11.2. The fraction of sp³-hybridized carbons (Fsp3) is 0.538. The molecule has 0 bridgehead atoms. The van der Waals surface area contributed by atoms with Gasteiger partial charge < -0.3 is 15.2 Å². The lowest BCUT2D eigenvalue weighted by Crippen LogP contribution is -2.44. The Kier molecular flexibility index (Phi) is 4.94. The van der Waals surface area contributed by atoms with Crippen LogP contribution in [0.1, 0.15) is 41.7 Å². The molecule has 0 atom stereocenters. The van der Waals surface area contributed by atoms with E-state index in [-0.39, 0.29) is 28.7 Å².